The van der Waals surface area contributed by atoms with Gasteiger partial charge in [-0.05, 0) is 17.7 Å². The topological polar surface area (TPSA) is 46.6 Å². The lowest BCUT2D eigenvalue weighted by molar-refractivity contribution is -0.140. The van der Waals surface area contributed by atoms with Crippen LogP contribution in [0.3, 0.4) is 0 Å². The molecule has 0 radical (unpaired) electrons. The zero-order chi connectivity index (χ0) is 15.4. The van der Waals surface area contributed by atoms with Gasteiger partial charge in [-0.25, -0.2) is 0 Å². The number of carbonyl (C=O) groups excluding carboxylic acids is 2. The molecule has 7 heteroatoms. The second kappa shape index (κ2) is 7.06. The zero-order valence-corrected chi connectivity index (χ0v) is 13.6. The highest BCUT2D eigenvalue weighted by Gasteiger charge is 2.32. The number of ether oxygens (including phenoxy) is 1. The Balaban J connectivity index is 2.14. The first-order chi connectivity index (χ1) is 10.0. The number of esters is 1. The Morgan fingerprint density at radius 2 is 2.19 bits per heavy atom. The molecule has 1 fully saturated rings. The van der Waals surface area contributed by atoms with Crippen LogP contribution in [0.5, 0.6) is 0 Å². The van der Waals surface area contributed by atoms with Crippen molar-refractivity contribution in [1.29, 1.82) is 0 Å². The maximum Gasteiger partial charge on any atom is 0.307 e. The van der Waals surface area contributed by atoms with Gasteiger partial charge in [-0.2, -0.15) is 0 Å². The van der Waals surface area contributed by atoms with E-state index in [9.17, 15) is 9.59 Å². The molecule has 110 valence electrons. The fraction of sp³-hybridized carbons (Fsp3) is 0.214. The summed E-state index contributed by atoms with van der Waals surface area (Å²) in [5.74, 6) is -0.590. The van der Waals surface area contributed by atoms with Crippen molar-refractivity contribution < 1.29 is 14.3 Å². The summed E-state index contributed by atoms with van der Waals surface area (Å²) in [7, 11) is 1.31. The van der Waals surface area contributed by atoms with Crippen molar-refractivity contribution in [1.82, 2.24) is 4.90 Å². The Morgan fingerprint density at radius 3 is 2.86 bits per heavy atom. The van der Waals surface area contributed by atoms with Crippen molar-refractivity contribution in [3.8, 4) is 0 Å². The zero-order valence-electron chi connectivity index (χ0n) is 11.2. The molecular formula is C14H12ClNO3S2. The second-order valence-corrected chi connectivity index (χ2v) is 6.26. The van der Waals surface area contributed by atoms with E-state index in [0.717, 1.165) is 5.56 Å². The molecule has 0 aliphatic carbocycles. The van der Waals surface area contributed by atoms with Crippen LogP contribution in [-0.2, 0) is 14.3 Å². The monoisotopic (exact) mass is 341 g/mol. The number of methoxy groups -OCH3 is 1. The van der Waals surface area contributed by atoms with E-state index in [1.807, 2.05) is 18.2 Å². The fourth-order valence-corrected chi connectivity index (χ4v) is 3.22. The van der Waals surface area contributed by atoms with Gasteiger partial charge in [-0.3, -0.25) is 14.5 Å². The summed E-state index contributed by atoms with van der Waals surface area (Å²) in [5, 5.41) is 0.567. The molecular weight excluding hydrogens is 330 g/mol. The molecule has 1 aliphatic rings. The maximum absolute atomic E-state index is 12.3. The number of hydrogen-bond donors (Lipinski definition) is 0. The smallest absolute Gasteiger partial charge is 0.307 e. The number of benzene rings is 1. The highest BCUT2D eigenvalue weighted by molar-refractivity contribution is 8.26. The molecule has 1 aromatic carbocycles. The van der Waals surface area contributed by atoms with Crippen LogP contribution in [0.1, 0.15) is 12.0 Å². The third-order valence-electron chi connectivity index (χ3n) is 2.83. The van der Waals surface area contributed by atoms with Gasteiger partial charge in [0.05, 0.1) is 18.4 Å². The van der Waals surface area contributed by atoms with Crippen LogP contribution in [0.4, 0.5) is 0 Å². The number of halogens is 1. The molecule has 0 spiro atoms. The summed E-state index contributed by atoms with van der Waals surface area (Å²) in [4.78, 5) is 25.3. The van der Waals surface area contributed by atoms with Gasteiger partial charge in [0.25, 0.3) is 5.91 Å². The van der Waals surface area contributed by atoms with Gasteiger partial charge in [0.1, 0.15) is 4.32 Å². The summed E-state index contributed by atoms with van der Waals surface area (Å²) in [6, 6.07) is 7.24. The normalized spacial score (nSPS) is 16.7. The summed E-state index contributed by atoms with van der Waals surface area (Å²) in [5.41, 5.74) is 0.757. The van der Waals surface area contributed by atoms with Crippen molar-refractivity contribution in [2.75, 3.05) is 13.7 Å². The van der Waals surface area contributed by atoms with E-state index in [4.69, 9.17) is 23.8 Å². The van der Waals surface area contributed by atoms with Gasteiger partial charge in [-0.1, -0.05) is 53.8 Å². The molecule has 4 nitrogen and oxygen atoms in total. The Morgan fingerprint density at radius 1 is 1.48 bits per heavy atom. The number of rotatable bonds is 4. The van der Waals surface area contributed by atoms with Crippen molar-refractivity contribution >= 4 is 57.9 Å². The van der Waals surface area contributed by atoms with Crippen molar-refractivity contribution in [2.45, 2.75) is 6.42 Å². The lowest BCUT2D eigenvalue weighted by atomic mass is 10.2. The van der Waals surface area contributed by atoms with Gasteiger partial charge in [0.2, 0.25) is 0 Å². The first kappa shape index (κ1) is 16.0. The maximum atomic E-state index is 12.3. The Kier molecular flexibility index (Phi) is 5.39. The van der Waals surface area contributed by atoms with Crippen LogP contribution in [0.2, 0.25) is 5.02 Å². The number of thioether (sulfide) groups is 1. The Labute approximate surface area is 137 Å². The van der Waals surface area contributed by atoms with Crippen molar-refractivity contribution in [3.05, 3.63) is 39.8 Å². The molecule has 0 bridgehead atoms. The van der Waals surface area contributed by atoms with E-state index >= 15 is 0 Å². The molecule has 1 amide bonds. The molecule has 2 rings (SSSR count). The lowest BCUT2D eigenvalue weighted by Gasteiger charge is -2.12. The Bertz CT molecular complexity index is 630. The van der Waals surface area contributed by atoms with Gasteiger partial charge >= 0.3 is 5.97 Å². The molecule has 1 aliphatic heterocycles. The minimum absolute atomic E-state index is 0.113. The lowest BCUT2D eigenvalue weighted by Crippen LogP contribution is -2.30. The highest BCUT2D eigenvalue weighted by atomic mass is 35.5. The first-order valence-corrected chi connectivity index (χ1v) is 7.70. The van der Waals surface area contributed by atoms with Gasteiger partial charge < -0.3 is 4.74 Å². The van der Waals surface area contributed by atoms with E-state index in [2.05, 4.69) is 4.74 Å². The molecule has 1 aromatic rings. The minimum atomic E-state index is -0.376. The van der Waals surface area contributed by atoms with Gasteiger partial charge in [-0.15, -0.1) is 0 Å². The number of hydrogen-bond acceptors (Lipinski definition) is 5. The molecule has 0 aromatic heterocycles. The average molecular weight is 342 g/mol. The first-order valence-electron chi connectivity index (χ1n) is 6.09. The molecule has 1 saturated heterocycles. The van der Waals surface area contributed by atoms with Crippen molar-refractivity contribution in [2.24, 2.45) is 0 Å². The van der Waals surface area contributed by atoms with E-state index in [1.165, 1.54) is 23.8 Å². The summed E-state index contributed by atoms with van der Waals surface area (Å²) in [6.45, 7) is 0.219. The highest BCUT2D eigenvalue weighted by Crippen LogP contribution is 2.33. The number of carbonyl (C=O) groups is 2. The number of thiocarbonyl (C=S) groups is 1. The molecule has 0 atom stereocenters. The van der Waals surface area contributed by atoms with Crippen LogP contribution < -0.4 is 0 Å². The third-order valence-corrected chi connectivity index (χ3v) is 4.55. The predicted octanol–water partition coefficient (Wildman–Crippen LogP) is 3.10. The Hall–Kier alpha value is -1.37. The standard InChI is InChI=1S/C14H12ClNO3S2/c1-19-12(17)6-7-16-13(18)11(21-14(16)20)8-9-4-2-3-5-10(9)15/h2-5,8H,6-7H2,1H3/b11-8+. The van der Waals surface area contributed by atoms with Crippen LogP contribution in [-0.4, -0.2) is 34.8 Å². The largest absolute Gasteiger partial charge is 0.469 e. The SMILES string of the molecule is COC(=O)CCN1C(=O)/C(=C\c2ccccc2Cl)SC1=S. The summed E-state index contributed by atoms with van der Waals surface area (Å²) >= 11 is 12.4. The van der Waals surface area contributed by atoms with E-state index in [0.29, 0.717) is 14.2 Å². The van der Waals surface area contributed by atoms with Crippen LogP contribution in [0.15, 0.2) is 29.2 Å². The fourth-order valence-electron chi connectivity index (χ4n) is 1.73. The average Bonchev–Trinajstić information content (AvgIpc) is 2.73. The molecule has 1 heterocycles. The molecule has 0 unspecified atom stereocenters. The number of nitrogens with zero attached hydrogens (tertiary/aromatic N) is 1. The second-order valence-electron chi connectivity index (χ2n) is 4.18. The van der Waals surface area contributed by atoms with E-state index < -0.39 is 0 Å². The van der Waals surface area contributed by atoms with Gasteiger partial charge in [0.15, 0.2) is 0 Å². The summed E-state index contributed by atoms with van der Waals surface area (Å²) < 4.78 is 4.99. The van der Waals surface area contributed by atoms with Crippen molar-refractivity contribution in [3.63, 3.8) is 0 Å². The molecule has 0 N–H and O–H groups in total. The van der Waals surface area contributed by atoms with E-state index in [-0.39, 0.29) is 24.8 Å². The minimum Gasteiger partial charge on any atom is -0.469 e. The van der Waals surface area contributed by atoms with Gasteiger partial charge in [0, 0.05) is 11.6 Å². The molecule has 0 saturated carbocycles. The third kappa shape index (κ3) is 3.84. The molecule has 21 heavy (non-hydrogen) atoms. The van der Waals surface area contributed by atoms with E-state index in [1.54, 1.807) is 12.1 Å². The van der Waals surface area contributed by atoms with Crippen LogP contribution >= 0.6 is 35.6 Å². The number of amides is 1. The predicted molar refractivity (Wildman–Crippen MR) is 88.0 cm³/mol. The van der Waals surface area contributed by atoms with Crippen LogP contribution in [0.25, 0.3) is 6.08 Å². The summed E-state index contributed by atoms with van der Waals surface area (Å²) in [6.07, 6.45) is 1.82. The quantitative estimate of drug-likeness (QED) is 0.478. The van der Waals surface area contributed by atoms with Crippen LogP contribution in [0, 0.1) is 0 Å².